The van der Waals surface area contributed by atoms with Crippen molar-refractivity contribution in [1.82, 2.24) is 10.2 Å². The van der Waals surface area contributed by atoms with Gasteiger partial charge in [-0.05, 0) is 68.5 Å². The second kappa shape index (κ2) is 11.4. The maximum atomic E-state index is 12.9. The molecule has 31 heavy (non-hydrogen) atoms. The molecule has 0 spiro atoms. The van der Waals surface area contributed by atoms with Crippen LogP contribution in [0.1, 0.15) is 26.7 Å². The molecule has 1 amide bonds. The number of hydrogen-bond acceptors (Lipinski definition) is 7. The van der Waals surface area contributed by atoms with Crippen molar-refractivity contribution >= 4 is 23.7 Å². The van der Waals surface area contributed by atoms with Gasteiger partial charge in [-0.3, -0.25) is 10.1 Å². The summed E-state index contributed by atoms with van der Waals surface area (Å²) in [5.41, 5.74) is 0.663. The van der Waals surface area contributed by atoms with Crippen LogP contribution in [-0.2, 0) is 4.79 Å². The van der Waals surface area contributed by atoms with Gasteiger partial charge in [0.05, 0.1) is 13.2 Å². The predicted molar refractivity (Wildman–Crippen MR) is 117 cm³/mol. The minimum absolute atomic E-state index is 0.0398. The molecule has 0 unspecified atom stereocenters. The van der Waals surface area contributed by atoms with E-state index in [4.69, 9.17) is 13.9 Å². The normalized spacial score (nSPS) is 10.7. The molecular formula is C22H24FN3O4S. The van der Waals surface area contributed by atoms with Crippen molar-refractivity contribution in [3.8, 4) is 23.0 Å². The standard InChI is InChI=1S/C22H24FN3O4S/c1-3-28-18-12-7-15(14-19(18)29-4-2)21-25-26-22(30-21)24-20(27)6-5-13-31-17-10-8-16(23)9-11-17/h7-12,14H,3-6,13H2,1-2H3,(H,24,26,27). The van der Waals surface area contributed by atoms with Crippen molar-refractivity contribution in [1.29, 1.82) is 0 Å². The van der Waals surface area contributed by atoms with Crippen molar-refractivity contribution in [2.24, 2.45) is 0 Å². The molecule has 7 nitrogen and oxygen atoms in total. The number of halogens is 1. The van der Waals surface area contributed by atoms with Crippen LogP contribution in [0.2, 0.25) is 0 Å². The molecule has 9 heteroatoms. The topological polar surface area (TPSA) is 86.5 Å². The van der Waals surface area contributed by atoms with Crippen LogP contribution in [0.25, 0.3) is 11.5 Å². The molecule has 0 aliphatic heterocycles. The van der Waals surface area contributed by atoms with Gasteiger partial charge in [0, 0.05) is 16.9 Å². The lowest BCUT2D eigenvalue weighted by Gasteiger charge is -2.11. The number of anilines is 1. The average molecular weight is 446 g/mol. The summed E-state index contributed by atoms with van der Waals surface area (Å²) in [5, 5.41) is 10.5. The fraction of sp³-hybridized carbons (Fsp3) is 0.318. The van der Waals surface area contributed by atoms with Crippen molar-refractivity contribution in [2.45, 2.75) is 31.6 Å². The van der Waals surface area contributed by atoms with E-state index in [-0.39, 0.29) is 23.6 Å². The summed E-state index contributed by atoms with van der Waals surface area (Å²) >= 11 is 1.57. The Bertz CT molecular complexity index is 995. The summed E-state index contributed by atoms with van der Waals surface area (Å²) in [7, 11) is 0. The number of hydrogen-bond donors (Lipinski definition) is 1. The van der Waals surface area contributed by atoms with Gasteiger partial charge < -0.3 is 13.9 Å². The first-order chi connectivity index (χ1) is 15.1. The van der Waals surface area contributed by atoms with Crippen molar-refractivity contribution < 1.29 is 23.1 Å². The highest BCUT2D eigenvalue weighted by molar-refractivity contribution is 7.99. The second-order valence-electron chi connectivity index (χ2n) is 6.39. The van der Waals surface area contributed by atoms with E-state index in [9.17, 15) is 9.18 Å². The lowest BCUT2D eigenvalue weighted by atomic mass is 10.2. The molecule has 0 atom stereocenters. The molecule has 3 rings (SSSR count). The monoisotopic (exact) mass is 445 g/mol. The summed E-state index contributed by atoms with van der Waals surface area (Å²) < 4.78 is 29.6. The Kier molecular flexibility index (Phi) is 8.28. The zero-order valence-electron chi connectivity index (χ0n) is 17.4. The largest absolute Gasteiger partial charge is 0.490 e. The van der Waals surface area contributed by atoms with E-state index in [1.807, 2.05) is 13.8 Å². The minimum atomic E-state index is -0.262. The van der Waals surface area contributed by atoms with E-state index in [1.165, 1.54) is 12.1 Å². The molecule has 0 saturated carbocycles. The Hall–Kier alpha value is -3.07. The highest BCUT2D eigenvalue weighted by Gasteiger charge is 2.14. The molecule has 0 bridgehead atoms. The van der Waals surface area contributed by atoms with Gasteiger partial charge in [0.25, 0.3) is 0 Å². The van der Waals surface area contributed by atoms with Crippen LogP contribution in [0.5, 0.6) is 11.5 Å². The average Bonchev–Trinajstić information content (AvgIpc) is 3.22. The van der Waals surface area contributed by atoms with Gasteiger partial charge in [-0.25, -0.2) is 4.39 Å². The van der Waals surface area contributed by atoms with Crippen LogP contribution in [0.15, 0.2) is 51.8 Å². The molecule has 0 radical (unpaired) electrons. The summed E-state index contributed by atoms with van der Waals surface area (Å²) in [6, 6.07) is 11.7. The van der Waals surface area contributed by atoms with Crippen LogP contribution in [0, 0.1) is 5.82 Å². The quantitative estimate of drug-likeness (QED) is 0.321. The lowest BCUT2D eigenvalue weighted by molar-refractivity contribution is -0.116. The zero-order chi connectivity index (χ0) is 22.1. The Morgan fingerprint density at radius 2 is 1.81 bits per heavy atom. The Labute approximate surface area is 184 Å². The molecule has 0 fully saturated rings. The molecule has 3 aromatic rings. The molecule has 1 N–H and O–H groups in total. The summed E-state index contributed by atoms with van der Waals surface area (Å²) in [5.74, 6) is 1.76. The van der Waals surface area contributed by atoms with E-state index < -0.39 is 0 Å². The van der Waals surface area contributed by atoms with Gasteiger partial charge in [-0.15, -0.1) is 16.9 Å². The summed E-state index contributed by atoms with van der Waals surface area (Å²) in [6.45, 7) is 4.81. The molecule has 2 aromatic carbocycles. The minimum Gasteiger partial charge on any atom is -0.490 e. The van der Waals surface area contributed by atoms with Crippen LogP contribution in [0.3, 0.4) is 0 Å². The molecule has 0 aliphatic carbocycles. The van der Waals surface area contributed by atoms with E-state index in [0.717, 1.165) is 10.6 Å². The highest BCUT2D eigenvalue weighted by Crippen LogP contribution is 2.32. The molecule has 1 heterocycles. The van der Waals surface area contributed by atoms with Gasteiger partial charge >= 0.3 is 6.01 Å². The first kappa shape index (κ1) is 22.6. The predicted octanol–water partition coefficient (Wildman–Crippen LogP) is 5.18. The van der Waals surface area contributed by atoms with Gasteiger partial charge in [0.2, 0.25) is 11.8 Å². The van der Waals surface area contributed by atoms with Crippen molar-refractivity contribution in [3.05, 3.63) is 48.3 Å². The van der Waals surface area contributed by atoms with Crippen LogP contribution < -0.4 is 14.8 Å². The number of ether oxygens (including phenoxy) is 2. The van der Waals surface area contributed by atoms with E-state index in [0.29, 0.717) is 43.1 Å². The number of thioether (sulfide) groups is 1. The molecular weight excluding hydrogens is 421 g/mol. The Balaban J connectivity index is 1.51. The molecule has 164 valence electrons. The maximum absolute atomic E-state index is 12.9. The van der Waals surface area contributed by atoms with Crippen molar-refractivity contribution in [3.63, 3.8) is 0 Å². The highest BCUT2D eigenvalue weighted by atomic mass is 32.2. The van der Waals surface area contributed by atoms with Crippen LogP contribution in [-0.4, -0.2) is 35.1 Å². The fourth-order valence-electron chi connectivity index (χ4n) is 2.71. The second-order valence-corrected chi connectivity index (χ2v) is 7.56. The van der Waals surface area contributed by atoms with E-state index >= 15 is 0 Å². The van der Waals surface area contributed by atoms with E-state index in [1.54, 1.807) is 42.1 Å². The number of carbonyl (C=O) groups is 1. The van der Waals surface area contributed by atoms with Gasteiger partial charge in [0.1, 0.15) is 5.82 Å². The number of nitrogens with one attached hydrogen (secondary N) is 1. The number of carbonyl (C=O) groups excluding carboxylic acids is 1. The third-order valence-corrected chi connectivity index (χ3v) is 5.19. The number of aromatic nitrogens is 2. The number of amides is 1. The smallest absolute Gasteiger partial charge is 0.322 e. The number of rotatable bonds is 11. The fourth-order valence-corrected chi connectivity index (χ4v) is 3.56. The first-order valence-corrected chi connectivity index (χ1v) is 11.0. The van der Waals surface area contributed by atoms with Gasteiger partial charge in [0.15, 0.2) is 11.5 Å². The molecule has 0 saturated heterocycles. The Morgan fingerprint density at radius 3 is 2.55 bits per heavy atom. The van der Waals surface area contributed by atoms with Gasteiger partial charge in [-0.1, -0.05) is 5.10 Å². The Morgan fingerprint density at radius 1 is 1.06 bits per heavy atom. The van der Waals surface area contributed by atoms with E-state index in [2.05, 4.69) is 15.5 Å². The van der Waals surface area contributed by atoms with Crippen LogP contribution >= 0.6 is 11.8 Å². The zero-order valence-corrected chi connectivity index (χ0v) is 18.2. The van der Waals surface area contributed by atoms with Crippen LogP contribution in [0.4, 0.5) is 10.4 Å². The number of nitrogens with zero attached hydrogens (tertiary/aromatic N) is 2. The SMILES string of the molecule is CCOc1ccc(-c2nnc(NC(=O)CCCSc3ccc(F)cc3)o2)cc1OCC. The summed E-state index contributed by atoms with van der Waals surface area (Å²) in [4.78, 5) is 13.1. The first-order valence-electron chi connectivity index (χ1n) is 10.0. The maximum Gasteiger partial charge on any atom is 0.322 e. The molecule has 0 aliphatic rings. The molecule has 1 aromatic heterocycles. The third kappa shape index (κ3) is 6.71. The number of benzene rings is 2. The van der Waals surface area contributed by atoms with Gasteiger partial charge in [-0.2, -0.15) is 0 Å². The third-order valence-electron chi connectivity index (χ3n) is 4.09. The lowest BCUT2D eigenvalue weighted by Crippen LogP contribution is -2.11. The van der Waals surface area contributed by atoms with Crippen molar-refractivity contribution in [2.75, 3.05) is 24.3 Å². The summed E-state index contributed by atoms with van der Waals surface area (Å²) in [6.07, 6.45) is 0.967.